The Bertz CT molecular complexity index is 660. The number of hydrogen-bond donors (Lipinski definition) is 1. The van der Waals surface area contributed by atoms with Gasteiger partial charge in [-0.05, 0) is 19.3 Å². The van der Waals surface area contributed by atoms with Gasteiger partial charge in [-0.1, -0.05) is 19.8 Å². The minimum Gasteiger partial charge on any atom is -0.356 e. The van der Waals surface area contributed by atoms with Crippen LogP contribution in [0.1, 0.15) is 39.0 Å². The van der Waals surface area contributed by atoms with Gasteiger partial charge in [-0.25, -0.2) is 14.6 Å². The first-order chi connectivity index (χ1) is 11.3. The van der Waals surface area contributed by atoms with Crippen LogP contribution in [0.2, 0.25) is 0 Å². The monoisotopic (exact) mass is 316 g/mol. The molecule has 2 aromatic heterocycles. The molecule has 1 saturated heterocycles. The molecule has 0 spiro atoms. The number of amides is 1. The third-order valence-corrected chi connectivity index (χ3v) is 4.18. The Balaban J connectivity index is 1.83. The van der Waals surface area contributed by atoms with Crippen molar-refractivity contribution in [3.05, 3.63) is 12.5 Å². The molecule has 1 aliphatic heterocycles. The second-order valence-electron chi connectivity index (χ2n) is 5.99. The maximum atomic E-state index is 11.9. The zero-order valence-corrected chi connectivity index (χ0v) is 13.7. The Kier molecular flexibility index (Phi) is 5.05. The van der Waals surface area contributed by atoms with E-state index in [0.29, 0.717) is 6.54 Å². The highest BCUT2D eigenvalue weighted by molar-refractivity contribution is 5.87. The fourth-order valence-corrected chi connectivity index (χ4v) is 2.99. The van der Waals surface area contributed by atoms with E-state index in [0.717, 1.165) is 36.4 Å². The highest BCUT2D eigenvalue weighted by Gasteiger charge is 2.17. The van der Waals surface area contributed by atoms with Gasteiger partial charge in [0.2, 0.25) is 5.91 Å². The number of carbonyl (C=O) groups excluding carboxylic acids is 1. The summed E-state index contributed by atoms with van der Waals surface area (Å²) >= 11 is 0. The Morgan fingerprint density at radius 2 is 2.00 bits per heavy atom. The first kappa shape index (κ1) is 15.7. The van der Waals surface area contributed by atoms with Crippen LogP contribution in [0.25, 0.3) is 11.0 Å². The lowest BCUT2D eigenvalue weighted by molar-refractivity contribution is -0.121. The Morgan fingerprint density at radius 1 is 1.22 bits per heavy atom. The predicted octanol–water partition coefficient (Wildman–Crippen LogP) is 1.73. The van der Waals surface area contributed by atoms with E-state index >= 15 is 0 Å². The molecule has 23 heavy (non-hydrogen) atoms. The molecule has 0 aromatic carbocycles. The van der Waals surface area contributed by atoms with Crippen molar-refractivity contribution >= 4 is 22.8 Å². The number of fused-ring (bicyclic) bond motifs is 1. The van der Waals surface area contributed by atoms with Crippen LogP contribution >= 0.6 is 0 Å². The molecule has 1 aliphatic rings. The number of nitrogens with zero attached hydrogens (tertiary/aromatic N) is 5. The van der Waals surface area contributed by atoms with Crippen molar-refractivity contribution in [2.24, 2.45) is 0 Å². The summed E-state index contributed by atoms with van der Waals surface area (Å²) in [6.45, 7) is 4.96. The molecule has 7 nitrogen and oxygen atoms in total. The van der Waals surface area contributed by atoms with Crippen molar-refractivity contribution in [3.63, 3.8) is 0 Å². The van der Waals surface area contributed by atoms with E-state index in [-0.39, 0.29) is 12.5 Å². The van der Waals surface area contributed by atoms with Crippen LogP contribution in [-0.4, -0.2) is 45.3 Å². The molecular weight excluding hydrogens is 292 g/mol. The summed E-state index contributed by atoms with van der Waals surface area (Å²) in [5.41, 5.74) is 0.728. The average Bonchev–Trinajstić information content (AvgIpc) is 2.80. The van der Waals surface area contributed by atoms with E-state index in [1.807, 2.05) is 6.92 Å². The van der Waals surface area contributed by atoms with E-state index in [4.69, 9.17) is 0 Å². The highest BCUT2D eigenvalue weighted by Crippen LogP contribution is 2.24. The van der Waals surface area contributed by atoms with Crippen LogP contribution in [0.5, 0.6) is 0 Å². The number of carbonyl (C=O) groups is 1. The van der Waals surface area contributed by atoms with Crippen LogP contribution in [0.15, 0.2) is 12.5 Å². The van der Waals surface area contributed by atoms with Gasteiger partial charge in [0, 0.05) is 19.6 Å². The molecule has 1 fully saturated rings. The number of anilines is 1. The molecule has 1 N–H and O–H groups in total. The molecule has 0 radical (unpaired) electrons. The minimum atomic E-state index is -0.0354. The fourth-order valence-electron chi connectivity index (χ4n) is 2.99. The second-order valence-corrected chi connectivity index (χ2v) is 5.99. The van der Waals surface area contributed by atoms with Crippen molar-refractivity contribution in [1.29, 1.82) is 0 Å². The molecule has 0 bridgehead atoms. The summed E-state index contributed by atoms with van der Waals surface area (Å²) in [6, 6.07) is 0. The summed E-state index contributed by atoms with van der Waals surface area (Å²) in [4.78, 5) is 23.1. The summed E-state index contributed by atoms with van der Waals surface area (Å²) < 4.78 is 1.66. The number of nitrogens with one attached hydrogen (secondary N) is 1. The Labute approximate surface area is 136 Å². The third kappa shape index (κ3) is 3.60. The molecule has 7 heteroatoms. The summed E-state index contributed by atoms with van der Waals surface area (Å²) in [5.74, 6) is 0.906. The van der Waals surface area contributed by atoms with Crippen LogP contribution in [0, 0.1) is 0 Å². The lowest BCUT2D eigenvalue weighted by Crippen LogP contribution is -2.28. The lowest BCUT2D eigenvalue weighted by Gasteiger charge is -2.21. The largest absolute Gasteiger partial charge is 0.356 e. The SMILES string of the molecule is CCCNC(=O)Cn1ncc2c(N3CCCCCC3)ncnc21. The summed E-state index contributed by atoms with van der Waals surface area (Å²) in [7, 11) is 0. The molecule has 124 valence electrons. The van der Waals surface area contributed by atoms with E-state index in [1.165, 1.54) is 25.7 Å². The van der Waals surface area contributed by atoms with Gasteiger partial charge < -0.3 is 10.2 Å². The number of rotatable bonds is 5. The van der Waals surface area contributed by atoms with Gasteiger partial charge in [-0.2, -0.15) is 5.10 Å². The first-order valence-electron chi connectivity index (χ1n) is 8.47. The van der Waals surface area contributed by atoms with Gasteiger partial charge in [0.1, 0.15) is 18.7 Å². The normalized spacial score (nSPS) is 15.6. The first-order valence-corrected chi connectivity index (χ1v) is 8.47. The molecule has 3 rings (SSSR count). The summed E-state index contributed by atoms with van der Waals surface area (Å²) in [6.07, 6.45) is 9.22. The third-order valence-electron chi connectivity index (χ3n) is 4.18. The maximum Gasteiger partial charge on any atom is 0.241 e. The zero-order chi connectivity index (χ0) is 16.1. The number of hydrogen-bond acceptors (Lipinski definition) is 5. The molecule has 0 unspecified atom stereocenters. The van der Waals surface area contributed by atoms with Gasteiger partial charge in [0.05, 0.1) is 11.6 Å². The van der Waals surface area contributed by atoms with Crippen molar-refractivity contribution in [3.8, 4) is 0 Å². The maximum absolute atomic E-state index is 11.9. The molecule has 1 amide bonds. The quantitative estimate of drug-likeness (QED) is 0.909. The summed E-state index contributed by atoms with van der Waals surface area (Å²) in [5, 5.41) is 8.15. The molecule has 0 aliphatic carbocycles. The van der Waals surface area contributed by atoms with E-state index in [9.17, 15) is 4.79 Å². The van der Waals surface area contributed by atoms with Crippen LogP contribution in [-0.2, 0) is 11.3 Å². The van der Waals surface area contributed by atoms with Crippen molar-refractivity contribution < 1.29 is 4.79 Å². The smallest absolute Gasteiger partial charge is 0.241 e. The topological polar surface area (TPSA) is 75.9 Å². The fraction of sp³-hybridized carbons (Fsp3) is 0.625. The second kappa shape index (κ2) is 7.39. The molecule has 0 saturated carbocycles. The lowest BCUT2D eigenvalue weighted by atomic mass is 10.2. The van der Waals surface area contributed by atoms with Crippen molar-refractivity contribution in [1.82, 2.24) is 25.1 Å². The van der Waals surface area contributed by atoms with Gasteiger partial charge in [-0.15, -0.1) is 0 Å². The van der Waals surface area contributed by atoms with Crippen LogP contribution in [0.3, 0.4) is 0 Å². The van der Waals surface area contributed by atoms with Crippen molar-refractivity contribution in [2.45, 2.75) is 45.6 Å². The highest BCUT2D eigenvalue weighted by atomic mass is 16.2. The molecule has 3 heterocycles. The minimum absolute atomic E-state index is 0.0354. The van der Waals surface area contributed by atoms with Gasteiger partial charge in [0.25, 0.3) is 0 Å². The van der Waals surface area contributed by atoms with Gasteiger partial charge in [-0.3, -0.25) is 4.79 Å². The standard InChI is InChI=1S/C16H24N6O/c1-2-7-17-14(23)11-22-16-13(10-20-22)15(18-12-19-16)21-8-5-3-4-6-9-21/h10,12H,2-9,11H2,1H3,(H,17,23). The van der Waals surface area contributed by atoms with E-state index in [2.05, 4.69) is 25.3 Å². The van der Waals surface area contributed by atoms with Crippen LogP contribution < -0.4 is 10.2 Å². The molecule has 2 aromatic rings. The van der Waals surface area contributed by atoms with Gasteiger partial charge >= 0.3 is 0 Å². The zero-order valence-electron chi connectivity index (χ0n) is 13.7. The average molecular weight is 316 g/mol. The molecule has 0 atom stereocenters. The van der Waals surface area contributed by atoms with E-state index in [1.54, 1.807) is 17.2 Å². The predicted molar refractivity (Wildman–Crippen MR) is 89.3 cm³/mol. The van der Waals surface area contributed by atoms with Crippen molar-refractivity contribution in [2.75, 3.05) is 24.5 Å². The Hall–Kier alpha value is -2.18. The van der Waals surface area contributed by atoms with Crippen LogP contribution in [0.4, 0.5) is 5.82 Å². The molecular formula is C16H24N6O. The van der Waals surface area contributed by atoms with E-state index < -0.39 is 0 Å². The Morgan fingerprint density at radius 3 is 2.74 bits per heavy atom. The van der Waals surface area contributed by atoms with Gasteiger partial charge in [0.15, 0.2) is 5.65 Å². The number of aromatic nitrogens is 4.